The minimum atomic E-state index is -0.235. The highest BCUT2D eigenvalue weighted by molar-refractivity contribution is 5.95. The normalized spacial score (nSPS) is 10.8. The van der Waals surface area contributed by atoms with Gasteiger partial charge in [-0.25, -0.2) is 4.98 Å². The fourth-order valence-electron chi connectivity index (χ4n) is 2.19. The zero-order valence-corrected chi connectivity index (χ0v) is 12.1. The van der Waals surface area contributed by atoms with Gasteiger partial charge in [0.2, 0.25) is 0 Å². The van der Waals surface area contributed by atoms with Crippen LogP contribution in [-0.2, 0) is 6.42 Å². The van der Waals surface area contributed by atoms with Gasteiger partial charge in [0.25, 0.3) is 0 Å². The molecule has 0 saturated heterocycles. The summed E-state index contributed by atoms with van der Waals surface area (Å²) >= 11 is 0. The number of aromatic hydroxyl groups is 1. The molecule has 0 saturated carbocycles. The Morgan fingerprint density at radius 2 is 1.85 bits per heavy atom. The van der Waals surface area contributed by atoms with Crippen LogP contribution >= 0.6 is 0 Å². The van der Waals surface area contributed by atoms with Crippen LogP contribution in [0.25, 0.3) is 11.1 Å². The highest BCUT2D eigenvalue weighted by Gasteiger charge is 2.09. The summed E-state index contributed by atoms with van der Waals surface area (Å²) in [5.41, 5.74) is 3.20. The molecule has 0 amide bonds. The maximum atomic E-state index is 11.2. The Balaban J connectivity index is 2.28. The van der Waals surface area contributed by atoms with E-state index in [1.807, 2.05) is 12.1 Å². The minimum Gasteiger partial charge on any atom is -0.506 e. The standard InChI is InChI=1S/C17H19NO2/c1-11(2)8-13-4-6-14(7-5-13)15-9-16(20)17(12(3)19)18-10-15/h4-7,9-11,20H,8H2,1-3H3. The second-order valence-electron chi connectivity index (χ2n) is 5.44. The zero-order chi connectivity index (χ0) is 14.7. The number of hydrogen-bond acceptors (Lipinski definition) is 3. The van der Waals surface area contributed by atoms with Gasteiger partial charge < -0.3 is 5.11 Å². The molecule has 20 heavy (non-hydrogen) atoms. The number of nitrogens with zero attached hydrogens (tertiary/aromatic N) is 1. The average Bonchev–Trinajstić information content (AvgIpc) is 2.38. The molecule has 0 unspecified atom stereocenters. The van der Waals surface area contributed by atoms with Crippen LogP contribution in [0.2, 0.25) is 0 Å². The lowest BCUT2D eigenvalue weighted by Crippen LogP contribution is -1.97. The summed E-state index contributed by atoms with van der Waals surface area (Å²) < 4.78 is 0. The lowest BCUT2D eigenvalue weighted by Gasteiger charge is -2.07. The van der Waals surface area contributed by atoms with Gasteiger partial charge >= 0.3 is 0 Å². The van der Waals surface area contributed by atoms with Crippen LogP contribution in [0.1, 0.15) is 36.8 Å². The Hall–Kier alpha value is -2.16. The van der Waals surface area contributed by atoms with Crippen LogP contribution in [-0.4, -0.2) is 15.9 Å². The average molecular weight is 269 g/mol. The number of ketones is 1. The van der Waals surface area contributed by atoms with Gasteiger partial charge in [-0.05, 0) is 29.5 Å². The molecule has 0 aliphatic rings. The largest absolute Gasteiger partial charge is 0.506 e. The third-order valence-corrected chi connectivity index (χ3v) is 3.13. The van der Waals surface area contributed by atoms with E-state index in [-0.39, 0.29) is 17.2 Å². The van der Waals surface area contributed by atoms with Crippen molar-refractivity contribution in [2.75, 3.05) is 0 Å². The molecule has 1 aromatic heterocycles. The van der Waals surface area contributed by atoms with Gasteiger partial charge in [-0.1, -0.05) is 38.1 Å². The molecule has 0 fully saturated rings. The molecule has 1 N–H and O–H groups in total. The summed E-state index contributed by atoms with van der Waals surface area (Å²) in [5, 5.41) is 9.81. The molecule has 2 aromatic rings. The van der Waals surface area contributed by atoms with E-state index in [0.29, 0.717) is 5.92 Å². The van der Waals surface area contributed by atoms with Gasteiger partial charge in [0, 0.05) is 18.7 Å². The van der Waals surface area contributed by atoms with Crippen molar-refractivity contribution in [3.05, 3.63) is 47.8 Å². The topological polar surface area (TPSA) is 50.2 Å². The van der Waals surface area contributed by atoms with E-state index >= 15 is 0 Å². The maximum absolute atomic E-state index is 11.2. The molecular weight excluding hydrogens is 250 g/mol. The van der Waals surface area contributed by atoms with Crippen LogP contribution in [0.4, 0.5) is 0 Å². The lowest BCUT2D eigenvalue weighted by molar-refractivity contribution is 0.101. The Morgan fingerprint density at radius 3 is 2.35 bits per heavy atom. The van der Waals surface area contributed by atoms with Gasteiger partial charge in [-0.15, -0.1) is 0 Å². The fourth-order valence-corrected chi connectivity index (χ4v) is 2.19. The van der Waals surface area contributed by atoms with Crippen LogP contribution in [0.15, 0.2) is 36.5 Å². The van der Waals surface area contributed by atoms with Gasteiger partial charge in [0.1, 0.15) is 11.4 Å². The molecule has 0 aliphatic heterocycles. The minimum absolute atomic E-state index is 0.0683. The Bertz CT molecular complexity index is 615. The maximum Gasteiger partial charge on any atom is 0.181 e. The van der Waals surface area contributed by atoms with Crippen molar-refractivity contribution in [2.24, 2.45) is 5.92 Å². The van der Waals surface area contributed by atoms with Crippen LogP contribution < -0.4 is 0 Å². The van der Waals surface area contributed by atoms with Crippen LogP contribution in [0.3, 0.4) is 0 Å². The Morgan fingerprint density at radius 1 is 1.20 bits per heavy atom. The molecule has 0 atom stereocenters. The molecule has 0 spiro atoms. The van der Waals surface area contributed by atoms with E-state index < -0.39 is 0 Å². The molecule has 3 heteroatoms. The van der Waals surface area contributed by atoms with Crippen molar-refractivity contribution in [1.29, 1.82) is 0 Å². The molecular formula is C17H19NO2. The van der Waals surface area contributed by atoms with Crippen molar-refractivity contribution < 1.29 is 9.90 Å². The predicted octanol–water partition coefficient (Wildman–Crippen LogP) is 3.86. The summed E-state index contributed by atoms with van der Waals surface area (Å²) in [6.07, 6.45) is 2.67. The number of pyridine rings is 1. The number of benzene rings is 1. The third-order valence-electron chi connectivity index (χ3n) is 3.13. The number of rotatable bonds is 4. The molecule has 3 nitrogen and oxygen atoms in total. The second-order valence-corrected chi connectivity index (χ2v) is 5.44. The van der Waals surface area contributed by atoms with Crippen molar-refractivity contribution in [2.45, 2.75) is 27.2 Å². The van der Waals surface area contributed by atoms with Crippen molar-refractivity contribution >= 4 is 5.78 Å². The van der Waals surface area contributed by atoms with E-state index in [1.54, 1.807) is 12.3 Å². The SMILES string of the molecule is CC(=O)c1ncc(-c2ccc(CC(C)C)cc2)cc1O. The highest BCUT2D eigenvalue weighted by atomic mass is 16.3. The molecule has 2 rings (SSSR count). The summed E-state index contributed by atoms with van der Waals surface area (Å²) in [6.45, 7) is 5.77. The summed E-state index contributed by atoms with van der Waals surface area (Å²) in [5.74, 6) is 0.323. The lowest BCUT2D eigenvalue weighted by atomic mass is 9.99. The third kappa shape index (κ3) is 3.23. The van der Waals surface area contributed by atoms with Gasteiger partial charge in [-0.3, -0.25) is 4.79 Å². The fraction of sp³-hybridized carbons (Fsp3) is 0.294. The molecule has 0 radical (unpaired) electrons. The Kier molecular flexibility index (Phi) is 4.18. The van der Waals surface area contributed by atoms with Crippen LogP contribution in [0.5, 0.6) is 5.75 Å². The quantitative estimate of drug-likeness (QED) is 0.857. The first kappa shape index (κ1) is 14.3. The number of carbonyl (C=O) groups excluding carboxylic acids is 1. The number of carbonyl (C=O) groups is 1. The number of Topliss-reactive ketones (excluding diaryl/α,β-unsaturated/α-hetero) is 1. The van der Waals surface area contributed by atoms with Crippen molar-refractivity contribution in [1.82, 2.24) is 4.98 Å². The summed E-state index contributed by atoms with van der Waals surface area (Å²) in [6, 6.07) is 9.79. The van der Waals surface area contributed by atoms with E-state index in [0.717, 1.165) is 17.5 Å². The summed E-state index contributed by atoms with van der Waals surface area (Å²) in [4.78, 5) is 15.3. The first-order chi connectivity index (χ1) is 9.47. The molecule has 0 bridgehead atoms. The second kappa shape index (κ2) is 5.87. The smallest absolute Gasteiger partial charge is 0.181 e. The van der Waals surface area contributed by atoms with E-state index in [9.17, 15) is 9.90 Å². The Labute approximate surface area is 119 Å². The monoisotopic (exact) mass is 269 g/mol. The van der Waals surface area contributed by atoms with E-state index in [4.69, 9.17) is 0 Å². The van der Waals surface area contributed by atoms with Gasteiger partial charge in [0.15, 0.2) is 5.78 Å². The zero-order valence-electron chi connectivity index (χ0n) is 12.1. The van der Waals surface area contributed by atoms with E-state index in [1.165, 1.54) is 12.5 Å². The van der Waals surface area contributed by atoms with Crippen molar-refractivity contribution in [3.63, 3.8) is 0 Å². The molecule has 104 valence electrons. The van der Waals surface area contributed by atoms with Gasteiger partial charge in [-0.2, -0.15) is 0 Å². The predicted molar refractivity (Wildman–Crippen MR) is 79.9 cm³/mol. The van der Waals surface area contributed by atoms with Crippen molar-refractivity contribution in [3.8, 4) is 16.9 Å². The first-order valence-corrected chi connectivity index (χ1v) is 6.76. The molecule has 1 aromatic carbocycles. The molecule has 1 heterocycles. The number of hydrogen-bond donors (Lipinski definition) is 1. The first-order valence-electron chi connectivity index (χ1n) is 6.76. The number of aromatic nitrogens is 1. The van der Waals surface area contributed by atoms with E-state index in [2.05, 4.69) is 31.0 Å². The highest BCUT2D eigenvalue weighted by Crippen LogP contribution is 2.25. The van der Waals surface area contributed by atoms with Gasteiger partial charge in [0.05, 0.1) is 0 Å². The van der Waals surface area contributed by atoms with Crippen LogP contribution in [0, 0.1) is 5.92 Å². The molecule has 0 aliphatic carbocycles. The summed E-state index contributed by atoms with van der Waals surface area (Å²) in [7, 11) is 0.